The lowest BCUT2D eigenvalue weighted by Gasteiger charge is -2.34. The molecule has 1 unspecified atom stereocenters. The number of carbonyl (C=O) groups is 2. The van der Waals surface area contributed by atoms with Crippen LogP contribution < -0.4 is 19.5 Å². The molecule has 0 saturated carbocycles. The lowest BCUT2D eigenvalue weighted by molar-refractivity contribution is -0.137. The highest BCUT2D eigenvalue weighted by molar-refractivity contribution is 7.89. The number of fused-ring (bicyclic) bond motifs is 4. The Balaban J connectivity index is 0.686. The molecule has 2 aliphatic rings. The molecule has 3 aromatic heterocycles. The summed E-state index contributed by atoms with van der Waals surface area (Å²) >= 11 is 0. The van der Waals surface area contributed by atoms with E-state index in [9.17, 15) is 32.6 Å². The molecule has 420 valence electrons. The van der Waals surface area contributed by atoms with Gasteiger partial charge in [-0.2, -0.15) is 24.7 Å². The molecule has 8 aromatic rings. The number of rotatable bonds is 21. The Morgan fingerprint density at radius 3 is 2.49 bits per heavy atom. The van der Waals surface area contributed by atoms with Crippen LogP contribution in [0.4, 0.5) is 8.78 Å². The highest BCUT2D eigenvalue weighted by Crippen LogP contribution is 2.39. The summed E-state index contributed by atoms with van der Waals surface area (Å²) < 4.78 is 90.6. The van der Waals surface area contributed by atoms with Crippen molar-refractivity contribution in [2.45, 2.75) is 62.1 Å². The number of carbonyl (C=O) groups excluding carboxylic acids is 1. The van der Waals surface area contributed by atoms with E-state index in [0.29, 0.717) is 41.6 Å². The van der Waals surface area contributed by atoms with Gasteiger partial charge in [0.05, 0.1) is 45.0 Å². The molecule has 1 amide bonds. The van der Waals surface area contributed by atoms with Gasteiger partial charge in [-0.3, -0.25) is 19.5 Å². The molecule has 0 bridgehead atoms. The topological polar surface area (TPSA) is 254 Å². The number of hydrogen-bond acceptors (Lipinski definition) is 16. The number of sulfonamides is 1. The second-order valence-corrected chi connectivity index (χ2v) is 21.9. The molecule has 0 radical (unpaired) electrons. The number of carboxylic acid groups (broad SMARTS) is 1. The lowest BCUT2D eigenvalue weighted by Crippen LogP contribution is -2.58. The molecule has 81 heavy (non-hydrogen) atoms. The molecular formula is C58H57F2N9O11S. The zero-order valence-electron chi connectivity index (χ0n) is 44.4. The van der Waals surface area contributed by atoms with Gasteiger partial charge in [0, 0.05) is 53.8 Å². The molecule has 3 atom stereocenters. The van der Waals surface area contributed by atoms with Gasteiger partial charge in [-0.05, 0) is 110 Å². The number of terminal acetylenes is 1. The number of aliphatic carboxylic acids is 1. The predicted molar refractivity (Wildman–Crippen MR) is 293 cm³/mol. The number of benzene rings is 5. The smallest absolute Gasteiger partial charge is 0.317 e. The Hall–Kier alpha value is -8.40. The largest absolute Gasteiger partial charge is 0.508 e. The third-order valence-electron chi connectivity index (χ3n) is 14.6. The molecule has 1 saturated heterocycles. The Kier molecular flexibility index (Phi) is 16.4. The van der Waals surface area contributed by atoms with Crippen LogP contribution in [0.5, 0.6) is 23.3 Å². The molecule has 20 nitrogen and oxygen atoms in total. The summed E-state index contributed by atoms with van der Waals surface area (Å²) in [6.45, 7) is 5.44. The number of nitrogens with zero attached hydrogens (tertiary/aromatic N) is 7. The molecule has 10 rings (SSSR count). The van der Waals surface area contributed by atoms with E-state index in [0.717, 1.165) is 22.3 Å². The second kappa shape index (κ2) is 23.7. The van der Waals surface area contributed by atoms with Gasteiger partial charge in [0.25, 0.3) is 0 Å². The lowest BCUT2D eigenvalue weighted by atomic mass is 9.86. The van der Waals surface area contributed by atoms with Crippen molar-refractivity contribution < 1.29 is 60.7 Å². The van der Waals surface area contributed by atoms with E-state index in [1.165, 1.54) is 47.0 Å². The fourth-order valence-electron chi connectivity index (χ4n) is 10.4. The molecule has 2 aliphatic heterocycles. The van der Waals surface area contributed by atoms with Crippen molar-refractivity contribution in [2.75, 3.05) is 66.3 Å². The van der Waals surface area contributed by atoms with Gasteiger partial charge >= 0.3 is 12.0 Å². The number of ether oxygens (including phenoxy) is 5. The third-order valence-corrected chi connectivity index (χ3v) is 16.5. The number of amides is 1. The number of phenolic OH excluding ortho intramolecular Hbond substituents is 1. The van der Waals surface area contributed by atoms with Crippen LogP contribution in [0.25, 0.3) is 44.0 Å². The van der Waals surface area contributed by atoms with Crippen LogP contribution in [0.3, 0.4) is 0 Å². The number of likely N-dealkylation sites (N-methyl/N-ethyl adjacent to an activating group) is 1. The van der Waals surface area contributed by atoms with Crippen molar-refractivity contribution in [2.24, 2.45) is 0 Å². The van der Waals surface area contributed by atoms with E-state index in [-0.39, 0.29) is 127 Å². The van der Waals surface area contributed by atoms with E-state index < -0.39 is 45.2 Å². The quantitative estimate of drug-likeness (QED) is 0.0416. The maximum Gasteiger partial charge on any atom is 0.317 e. The number of aromatic amines is 1. The molecule has 4 N–H and O–H groups in total. The number of aromatic nitrogens is 6. The number of hydrogen-bond donors (Lipinski definition) is 4. The molecule has 5 heterocycles. The number of likely N-dealkylation sites (tertiary alicyclic amines) is 1. The highest BCUT2D eigenvalue weighted by Gasteiger charge is 2.46. The molecular weight excluding hydrogens is 1070 g/mol. The maximum absolute atomic E-state index is 16.4. The zero-order valence-corrected chi connectivity index (χ0v) is 45.3. The summed E-state index contributed by atoms with van der Waals surface area (Å²) in [5, 5.41) is 35.0. The first kappa shape index (κ1) is 55.9. The summed E-state index contributed by atoms with van der Waals surface area (Å²) in [6.07, 6.45) is 8.82. The van der Waals surface area contributed by atoms with Gasteiger partial charge in [0.15, 0.2) is 5.82 Å². The van der Waals surface area contributed by atoms with Gasteiger partial charge in [-0.1, -0.05) is 36.3 Å². The number of aromatic hydroxyl groups is 1. The first-order valence-electron chi connectivity index (χ1n) is 26.1. The number of phenols is 1. The summed E-state index contributed by atoms with van der Waals surface area (Å²) in [7, 11) is -2.25. The average Bonchev–Trinajstić information content (AvgIpc) is 4.22. The van der Waals surface area contributed by atoms with Crippen LogP contribution in [-0.2, 0) is 35.6 Å². The number of aryl methyl sites for hydroxylation is 1. The Labute approximate surface area is 464 Å². The third kappa shape index (κ3) is 11.8. The number of nitrogens with one attached hydrogen (secondary N) is 2. The molecule has 5 aromatic carbocycles. The maximum atomic E-state index is 16.4. The van der Waals surface area contributed by atoms with Crippen molar-refractivity contribution in [3.63, 3.8) is 0 Å². The Morgan fingerprint density at radius 1 is 0.938 bits per heavy atom. The van der Waals surface area contributed by atoms with Crippen LogP contribution >= 0.6 is 0 Å². The van der Waals surface area contributed by atoms with Crippen LogP contribution in [0, 0.1) is 30.9 Å². The van der Waals surface area contributed by atoms with E-state index >= 15 is 4.39 Å². The van der Waals surface area contributed by atoms with E-state index in [1.54, 1.807) is 25.1 Å². The zero-order chi connectivity index (χ0) is 57.0. The number of carboxylic acids is 1. The minimum Gasteiger partial charge on any atom is -0.508 e. The fourth-order valence-corrected chi connectivity index (χ4v) is 12.0. The summed E-state index contributed by atoms with van der Waals surface area (Å²) in [5.74, 6) is -0.695. The molecule has 0 aliphatic carbocycles. The van der Waals surface area contributed by atoms with Gasteiger partial charge in [0.1, 0.15) is 75.1 Å². The summed E-state index contributed by atoms with van der Waals surface area (Å²) in [6, 6.07) is 20.7. The summed E-state index contributed by atoms with van der Waals surface area (Å²) in [5.41, 5.74) is 2.81. The highest BCUT2D eigenvalue weighted by atomic mass is 32.2. The summed E-state index contributed by atoms with van der Waals surface area (Å²) in [4.78, 5) is 40.6. The van der Waals surface area contributed by atoms with Crippen molar-refractivity contribution in [1.29, 1.82) is 0 Å². The first-order valence-corrected chi connectivity index (χ1v) is 27.5. The minimum absolute atomic E-state index is 0.00773. The van der Waals surface area contributed by atoms with Crippen molar-refractivity contribution >= 4 is 54.6 Å². The van der Waals surface area contributed by atoms with Crippen molar-refractivity contribution in [3.05, 3.63) is 131 Å². The average molecular weight is 1130 g/mol. The molecule has 0 spiro atoms. The van der Waals surface area contributed by atoms with Gasteiger partial charge in [-0.25, -0.2) is 22.2 Å². The SMILES string of the molecule is C#Cc1c(F)ccc2cc(O)cc(-c3ncc4cnc(OC[C@@]5(C(=O)NCCOCCOCCOc6ccc7c(c6)O[C@H](C)CN(Cc6cc(C(CC(=O)O)c8ccc9n[nH]nc9c8)ccc6C)S7(=O)=O)CCCN5C)nc4c3F)c12. The number of pyridine rings is 1. The fraction of sp³-hybridized carbons (Fsp3) is 0.328. The predicted octanol–water partition coefficient (Wildman–Crippen LogP) is 7.04. The molecule has 1 fully saturated rings. The van der Waals surface area contributed by atoms with Crippen molar-refractivity contribution in [3.8, 4) is 46.9 Å². The van der Waals surface area contributed by atoms with Gasteiger partial charge in [0.2, 0.25) is 15.9 Å². The van der Waals surface area contributed by atoms with Crippen LogP contribution in [-0.4, -0.2) is 148 Å². The van der Waals surface area contributed by atoms with Crippen LogP contribution in [0.1, 0.15) is 59.9 Å². The van der Waals surface area contributed by atoms with E-state index in [2.05, 4.69) is 41.6 Å². The van der Waals surface area contributed by atoms with Crippen LogP contribution in [0.15, 0.2) is 96.2 Å². The number of H-pyrrole nitrogens is 1. The van der Waals surface area contributed by atoms with E-state index in [4.69, 9.17) is 30.1 Å². The second-order valence-electron chi connectivity index (χ2n) is 20.0. The monoisotopic (exact) mass is 1130 g/mol. The molecule has 23 heteroatoms. The number of halogens is 2. The standard InChI is InChI=1S/C58H57F2N9O11S/c1-5-43-46(59)12-9-38-24-41(70)26-45(52(38)43)55-53(60)54-40(29-62-55)30-63-57(64-54)79-33-58(15-6-17-68(58)4)56(73)61-16-18-76-19-20-77-21-22-78-42-11-14-50-49(27-42)80-35(3)31-69(81(50,74)75)32-39-23-36(8-7-34(39)2)44(28-51(71)72)37-10-13-47-48(25-37)66-67-65-47/h1,7-14,23-27,29-30,35,44,70H,6,15-22,28,31-33H2,2-4H3,(H,61,73)(H,71,72)(H,65,66,67)/t35-,44?,58-/m1/s1. The minimum atomic E-state index is -4.06. The normalized spacial score (nSPS) is 17.6. The Morgan fingerprint density at radius 2 is 1.70 bits per heavy atom. The first-order chi connectivity index (χ1) is 39.0. The van der Waals surface area contributed by atoms with Crippen LogP contribution in [0.2, 0.25) is 0 Å². The Bertz CT molecular complexity index is 3860. The van der Waals surface area contributed by atoms with Gasteiger partial charge in [-0.15, -0.1) is 6.42 Å². The van der Waals surface area contributed by atoms with E-state index in [1.807, 2.05) is 49.2 Å². The van der Waals surface area contributed by atoms with Gasteiger partial charge < -0.3 is 39.2 Å². The van der Waals surface area contributed by atoms with Crippen molar-refractivity contribution in [1.82, 2.24) is 44.9 Å².